The standard InChI is InChI=1S/C21H23ClN2O5/c1-4-29-15-7-5-14(6-8-15)24-12-13(9-20(24)25)21(26)23-17-11-18(27-2)16(22)10-19(17)28-3/h5-8,10-11,13H,4,9,12H2,1-3H3,(H,23,26)/t13-/m1/s1. The van der Waals surface area contributed by atoms with Crippen molar-refractivity contribution in [2.45, 2.75) is 13.3 Å². The van der Waals surface area contributed by atoms with Crippen LogP contribution in [0.3, 0.4) is 0 Å². The zero-order valence-electron chi connectivity index (χ0n) is 16.5. The molecule has 1 aliphatic heterocycles. The van der Waals surface area contributed by atoms with E-state index in [4.69, 9.17) is 25.8 Å². The molecule has 3 rings (SSSR count). The number of ether oxygens (including phenoxy) is 3. The molecule has 2 amide bonds. The van der Waals surface area contributed by atoms with E-state index in [1.165, 1.54) is 14.2 Å². The Labute approximate surface area is 174 Å². The Balaban J connectivity index is 1.72. The summed E-state index contributed by atoms with van der Waals surface area (Å²) in [6.45, 7) is 2.78. The largest absolute Gasteiger partial charge is 0.495 e. The lowest BCUT2D eigenvalue weighted by Crippen LogP contribution is -2.28. The highest BCUT2D eigenvalue weighted by molar-refractivity contribution is 6.32. The van der Waals surface area contributed by atoms with Crippen LogP contribution in [0.1, 0.15) is 13.3 Å². The van der Waals surface area contributed by atoms with Gasteiger partial charge in [0.25, 0.3) is 0 Å². The summed E-state index contributed by atoms with van der Waals surface area (Å²) in [6.07, 6.45) is 0.131. The van der Waals surface area contributed by atoms with Crippen LogP contribution in [0, 0.1) is 5.92 Å². The summed E-state index contributed by atoms with van der Waals surface area (Å²) in [5.41, 5.74) is 1.17. The van der Waals surface area contributed by atoms with E-state index in [2.05, 4.69) is 5.32 Å². The summed E-state index contributed by atoms with van der Waals surface area (Å²) >= 11 is 6.10. The number of halogens is 1. The van der Waals surface area contributed by atoms with Gasteiger partial charge in [0.1, 0.15) is 17.2 Å². The van der Waals surface area contributed by atoms with Gasteiger partial charge in [0, 0.05) is 30.8 Å². The van der Waals surface area contributed by atoms with Crippen molar-refractivity contribution in [3.05, 3.63) is 41.4 Å². The first-order valence-electron chi connectivity index (χ1n) is 9.22. The molecule has 0 bridgehead atoms. The van der Waals surface area contributed by atoms with Crippen LogP contribution in [-0.2, 0) is 9.59 Å². The number of nitrogens with one attached hydrogen (secondary N) is 1. The van der Waals surface area contributed by atoms with E-state index >= 15 is 0 Å². The van der Waals surface area contributed by atoms with Gasteiger partial charge in [0.15, 0.2) is 0 Å². The fourth-order valence-corrected chi connectivity index (χ4v) is 3.45. The lowest BCUT2D eigenvalue weighted by molar-refractivity contribution is -0.122. The Hall–Kier alpha value is -2.93. The van der Waals surface area contributed by atoms with Gasteiger partial charge in [-0.15, -0.1) is 0 Å². The second-order valence-electron chi connectivity index (χ2n) is 6.51. The van der Waals surface area contributed by atoms with Gasteiger partial charge in [-0.25, -0.2) is 0 Å². The number of carbonyl (C=O) groups excluding carboxylic acids is 2. The fraction of sp³-hybridized carbons (Fsp3) is 0.333. The van der Waals surface area contributed by atoms with Gasteiger partial charge in [0.2, 0.25) is 11.8 Å². The van der Waals surface area contributed by atoms with Crippen molar-refractivity contribution in [3.8, 4) is 17.2 Å². The number of hydrogen-bond donors (Lipinski definition) is 1. The van der Waals surface area contributed by atoms with Gasteiger partial charge >= 0.3 is 0 Å². The number of amides is 2. The van der Waals surface area contributed by atoms with Crippen LogP contribution in [0.5, 0.6) is 17.2 Å². The molecular formula is C21H23ClN2O5. The molecule has 7 nitrogen and oxygen atoms in total. The molecule has 2 aromatic rings. The van der Waals surface area contributed by atoms with Crippen LogP contribution in [0.25, 0.3) is 0 Å². The second kappa shape index (κ2) is 9.05. The van der Waals surface area contributed by atoms with Crippen LogP contribution in [-0.4, -0.2) is 39.2 Å². The Kier molecular flexibility index (Phi) is 6.49. The lowest BCUT2D eigenvalue weighted by atomic mass is 10.1. The average molecular weight is 419 g/mol. The van der Waals surface area contributed by atoms with Crippen LogP contribution in [0.2, 0.25) is 5.02 Å². The van der Waals surface area contributed by atoms with E-state index in [1.807, 2.05) is 31.2 Å². The first-order chi connectivity index (χ1) is 14.0. The van der Waals surface area contributed by atoms with Gasteiger partial charge in [0.05, 0.1) is 37.5 Å². The summed E-state index contributed by atoms with van der Waals surface area (Å²) in [4.78, 5) is 26.9. The zero-order valence-corrected chi connectivity index (χ0v) is 17.3. The molecule has 1 saturated heterocycles. The number of hydrogen-bond acceptors (Lipinski definition) is 5. The second-order valence-corrected chi connectivity index (χ2v) is 6.92. The lowest BCUT2D eigenvalue weighted by Gasteiger charge is -2.18. The summed E-state index contributed by atoms with van der Waals surface area (Å²) in [6, 6.07) is 10.4. The average Bonchev–Trinajstić information content (AvgIpc) is 3.11. The van der Waals surface area contributed by atoms with Gasteiger partial charge in [-0.3, -0.25) is 9.59 Å². The van der Waals surface area contributed by atoms with E-state index in [1.54, 1.807) is 17.0 Å². The van der Waals surface area contributed by atoms with Crippen molar-refractivity contribution in [3.63, 3.8) is 0 Å². The molecule has 2 aromatic carbocycles. The number of benzene rings is 2. The smallest absolute Gasteiger partial charge is 0.229 e. The van der Waals surface area contributed by atoms with Gasteiger partial charge in [-0.05, 0) is 31.2 Å². The minimum absolute atomic E-state index is 0.102. The molecule has 0 unspecified atom stereocenters. The quantitative estimate of drug-likeness (QED) is 0.741. The van der Waals surface area contributed by atoms with Crippen molar-refractivity contribution in [1.29, 1.82) is 0 Å². The van der Waals surface area contributed by atoms with E-state index in [0.29, 0.717) is 35.4 Å². The van der Waals surface area contributed by atoms with Crippen LogP contribution in [0.15, 0.2) is 36.4 Å². The molecule has 8 heteroatoms. The van der Waals surface area contributed by atoms with Crippen LogP contribution in [0.4, 0.5) is 11.4 Å². The zero-order chi connectivity index (χ0) is 21.0. The van der Waals surface area contributed by atoms with Gasteiger partial charge in [-0.1, -0.05) is 11.6 Å². The molecule has 154 valence electrons. The maximum atomic E-state index is 12.8. The molecule has 1 heterocycles. The Morgan fingerprint density at radius 2 is 1.86 bits per heavy atom. The highest BCUT2D eigenvalue weighted by Crippen LogP contribution is 2.36. The predicted octanol–water partition coefficient (Wildman–Crippen LogP) is 3.75. The maximum absolute atomic E-state index is 12.8. The summed E-state index contributed by atoms with van der Waals surface area (Å²) in [5.74, 6) is 0.712. The van der Waals surface area contributed by atoms with E-state index in [9.17, 15) is 9.59 Å². The normalized spacial score (nSPS) is 15.9. The molecule has 1 aliphatic rings. The summed E-state index contributed by atoms with van der Waals surface area (Å²) in [7, 11) is 2.98. The van der Waals surface area contributed by atoms with E-state index in [0.717, 1.165) is 11.4 Å². The van der Waals surface area contributed by atoms with Crippen molar-refractivity contribution in [2.24, 2.45) is 5.92 Å². The number of carbonyl (C=O) groups is 2. The van der Waals surface area contributed by atoms with Gasteiger partial charge < -0.3 is 24.4 Å². The minimum Gasteiger partial charge on any atom is -0.495 e. The summed E-state index contributed by atoms with van der Waals surface area (Å²) in [5, 5.41) is 3.20. The number of anilines is 2. The third-order valence-electron chi connectivity index (χ3n) is 4.69. The molecule has 0 radical (unpaired) electrons. The van der Waals surface area contributed by atoms with Crippen LogP contribution >= 0.6 is 11.6 Å². The SMILES string of the molecule is CCOc1ccc(N2C[C@H](C(=O)Nc3cc(OC)c(Cl)cc3OC)CC2=O)cc1. The van der Waals surface area contributed by atoms with E-state index < -0.39 is 5.92 Å². The Morgan fingerprint density at radius 1 is 1.17 bits per heavy atom. The third kappa shape index (κ3) is 4.56. The van der Waals surface area contributed by atoms with Crippen molar-refractivity contribution in [1.82, 2.24) is 0 Å². The topological polar surface area (TPSA) is 77.1 Å². The maximum Gasteiger partial charge on any atom is 0.229 e. The Morgan fingerprint density at radius 3 is 2.48 bits per heavy atom. The minimum atomic E-state index is -0.486. The summed E-state index contributed by atoms with van der Waals surface area (Å²) < 4.78 is 15.9. The molecule has 29 heavy (non-hydrogen) atoms. The number of nitrogens with zero attached hydrogens (tertiary/aromatic N) is 1. The van der Waals surface area contributed by atoms with Gasteiger partial charge in [-0.2, -0.15) is 0 Å². The molecule has 0 aliphatic carbocycles. The number of methoxy groups -OCH3 is 2. The predicted molar refractivity (Wildman–Crippen MR) is 111 cm³/mol. The molecule has 0 saturated carbocycles. The van der Waals surface area contributed by atoms with Crippen molar-refractivity contribution < 1.29 is 23.8 Å². The molecular weight excluding hydrogens is 396 g/mol. The molecule has 1 fully saturated rings. The third-order valence-corrected chi connectivity index (χ3v) is 4.98. The van der Waals surface area contributed by atoms with Crippen molar-refractivity contribution >= 4 is 34.8 Å². The molecule has 0 spiro atoms. The Bertz CT molecular complexity index is 901. The fourth-order valence-electron chi connectivity index (χ4n) is 3.21. The first kappa shape index (κ1) is 20.8. The molecule has 1 atom stereocenters. The molecule has 0 aromatic heterocycles. The highest BCUT2D eigenvalue weighted by atomic mass is 35.5. The first-order valence-corrected chi connectivity index (χ1v) is 9.60. The van der Waals surface area contributed by atoms with Crippen molar-refractivity contribution in [2.75, 3.05) is 37.6 Å². The van der Waals surface area contributed by atoms with E-state index in [-0.39, 0.29) is 18.2 Å². The monoisotopic (exact) mass is 418 g/mol. The van der Waals surface area contributed by atoms with Crippen LogP contribution < -0.4 is 24.4 Å². The highest BCUT2D eigenvalue weighted by Gasteiger charge is 2.35. The number of rotatable bonds is 7. The molecule has 1 N–H and O–H groups in total.